The predicted molar refractivity (Wildman–Crippen MR) is 67.2 cm³/mol. The molecule has 0 radical (unpaired) electrons. The van der Waals surface area contributed by atoms with Crippen LogP contribution in [0.1, 0.15) is 21.6 Å². The lowest BCUT2D eigenvalue weighted by Crippen LogP contribution is -2.25. The van der Waals surface area contributed by atoms with Crippen LogP contribution in [0.15, 0.2) is 41.5 Å². The molecule has 5 heteroatoms. The first-order valence-corrected chi connectivity index (χ1v) is 5.53. The van der Waals surface area contributed by atoms with Gasteiger partial charge in [-0.2, -0.15) is 0 Å². The van der Waals surface area contributed by atoms with Crippen molar-refractivity contribution in [3.63, 3.8) is 0 Å². The van der Waals surface area contributed by atoms with E-state index in [1.807, 2.05) is 31.2 Å². The van der Waals surface area contributed by atoms with E-state index in [2.05, 4.69) is 15.3 Å². The van der Waals surface area contributed by atoms with Crippen LogP contribution in [0.3, 0.4) is 0 Å². The third-order valence-corrected chi connectivity index (χ3v) is 2.48. The summed E-state index contributed by atoms with van der Waals surface area (Å²) in [7, 11) is 0. The average Bonchev–Trinajstić information content (AvgIpc) is 2.38. The number of benzene rings is 1. The standard InChI is InChI=1S/C13H13N3O2/c1-9-2-4-10(5-3-9)6-16-13(18)11-7-15-12(17)8-14-11/h2-5,7-8H,6H2,1H3,(H,15,17)(H,16,18). The number of rotatable bonds is 3. The maximum absolute atomic E-state index is 11.7. The van der Waals surface area contributed by atoms with Crippen LogP contribution in [0.25, 0.3) is 0 Å². The number of aromatic amines is 1. The maximum atomic E-state index is 11.7. The Kier molecular flexibility index (Phi) is 3.52. The summed E-state index contributed by atoms with van der Waals surface area (Å²) < 4.78 is 0. The topological polar surface area (TPSA) is 74.8 Å². The van der Waals surface area contributed by atoms with Gasteiger partial charge in [0.25, 0.3) is 11.5 Å². The molecule has 0 aliphatic heterocycles. The number of H-pyrrole nitrogens is 1. The third kappa shape index (κ3) is 3.04. The lowest BCUT2D eigenvalue weighted by atomic mass is 10.1. The van der Waals surface area contributed by atoms with E-state index in [1.165, 1.54) is 11.8 Å². The summed E-state index contributed by atoms with van der Waals surface area (Å²) in [6, 6.07) is 7.88. The Balaban J connectivity index is 1.98. The second-order valence-corrected chi connectivity index (χ2v) is 3.96. The molecule has 0 aliphatic rings. The number of nitrogens with one attached hydrogen (secondary N) is 2. The number of carbonyl (C=O) groups excluding carboxylic acids is 1. The van der Waals surface area contributed by atoms with Crippen LogP contribution < -0.4 is 10.9 Å². The molecule has 1 heterocycles. The first-order chi connectivity index (χ1) is 8.65. The van der Waals surface area contributed by atoms with Crippen LogP contribution in [0, 0.1) is 6.92 Å². The number of amides is 1. The van der Waals surface area contributed by atoms with E-state index >= 15 is 0 Å². The Morgan fingerprint density at radius 2 is 2.06 bits per heavy atom. The highest BCUT2D eigenvalue weighted by Gasteiger charge is 2.06. The number of hydrogen-bond acceptors (Lipinski definition) is 3. The van der Waals surface area contributed by atoms with Gasteiger partial charge in [0.05, 0.1) is 6.20 Å². The van der Waals surface area contributed by atoms with E-state index in [4.69, 9.17) is 0 Å². The average molecular weight is 243 g/mol. The van der Waals surface area contributed by atoms with Crippen molar-refractivity contribution in [3.8, 4) is 0 Å². The number of aryl methyl sites for hydroxylation is 1. The van der Waals surface area contributed by atoms with Gasteiger partial charge in [-0.3, -0.25) is 9.59 Å². The molecule has 0 spiro atoms. The molecule has 0 bridgehead atoms. The molecule has 0 unspecified atom stereocenters. The fourth-order valence-electron chi connectivity index (χ4n) is 1.45. The van der Waals surface area contributed by atoms with E-state index < -0.39 is 0 Å². The summed E-state index contributed by atoms with van der Waals surface area (Å²) in [4.78, 5) is 28.7. The van der Waals surface area contributed by atoms with Crippen molar-refractivity contribution < 1.29 is 4.79 Å². The lowest BCUT2D eigenvalue weighted by Gasteiger charge is -2.04. The molecular weight excluding hydrogens is 230 g/mol. The minimum Gasteiger partial charge on any atom is -0.347 e. The van der Waals surface area contributed by atoms with E-state index in [1.54, 1.807) is 0 Å². The van der Waals surface area contributed by atoms with Gasteiger partial charge in [0.2, 0.25) is 0 Å². The zero-order valence-corrected chi connectivity index (χ0v) is 9.93. The summed E-state index contributed by atoms with van der Waals surface area (Å²) in [5.41, 5.74) is 2.05. The zero-order valence-electron chi connectivity index (χ0n) is 9.93. The van der Waals surface area contributed by atoms with Crippen molar-refractivity contribution in [3.05, 3.63) is 63.8 Å². The van der Waals surface area contributed by atoms with Crippen LogP contribution in [-0.2, 0) is 6.54 Å². The normalized spacial score (nSPS) is 10.1. The van der Waals surface area contributed by atoms with Crippen molar-refractivity contribution in [2.45, 2.75) is 13.5 Å². The molecule has 0 atom stereocenters. The van der Waals surface area contributed by atoms with Gasteiger partial charge in [-0.25, -0.2) is 4.98 Å². The van der Waals surface area contributed by atoms with Gasteiger partial charge < -0.3 is 10.3 Å². The van der Waals surface area contributed by atoms with Crippen LogP contribution in [0.5, 0.6) is 0 Å². The lowest BCUT2D eigenvalue weighted by molar-refractivity contribution is 0.0945. The maximum Gasteiger partial charge on any atom is 0.271 e. The molecular formula is C13H13N3O2. The molecule has 0 saturated carbocycles. The predicted octanol–water partition coefficient (Wildman–Crippen LogP) is 1.01. The van der Waals surface area contributed by atoms with Crippen molar-refractivity contribution in [2.24, 2.45) is 0 Å². The quantitative estimate of drug-likeness (QED) is 0.844. The van der Waals surface area contributed by atoms with Gasteiger partial charge in [-0.15, -0.1) is 0 Å². The summed E-state index contributed by atoms with van der Waals surface area (Å²) in [5, 5.41) is 2.73. The van der Waals surface area contributed by atoms with E-state index in [0.717, 1.165) is 11.8 Å². The first kappa shape index (κ1) is 12.0. The molecule has 0 fully saturated rings. The van der Waals surface area contributed by atoms with Gasteiger partial charge in [0.1, 0.15) is 5.69 Å². The Bertz CT molecular complexity index is 582. The van der Waals surface area contributed by atoms with Crippen LogP contribution in [-0.4, -0.2) is 15.9 Å². The second-order valence-electron chi connectivity index (χ2n) is 3.96. The summed E-state index contributed by atoms with van der Waals surface area (Å²) in [6.07, 6.45) is 2.38. The minimum absolute atomic E-state index is 0.196. The fourth-order valence-corrected chi connectivity index (χ4v) is 1.45. The molecule has 5 nitrogen and oxygen atoms in total. The Hall–Kier alpha value is -2.43. The van der Waals surface area contributed by atoms with E-state index in [9.17, 15) is 9.59 Å². The van der Waals surface area contributed by atoms with Gasteiger partial charge in [0, 0.05) is 12.7 Å². The van der Waals surface area contributed by atoms with Gasteiger partial charge in [0.15, 0.2) is 0 Å². The summed E-state index contributed by atoms with van der Waals surface area (Å²) >= 11 is 0. The van der Waals surface area contributed by atoms with Crippen molar-refractivity contribution in [1.29, 1.82) is 0 Å². The molecule has 2 N–H and O–H groups in total. The Morgan fingerprint density at radius 3 is 2.67 bits per heavy atom. The molecule has 1 amide bonds. The number of aromatic nitrogens is 2. The molecule has 2 aromatic rings. The third-order valence-electron chi connectivity index (χ3n) is 2.48. The Morgan fingerprint density at radius 1 is 1.33 bits per heavy atom. The van der Waals surface area contributed by atoms with E-state index in [0.29, 0.717) is 6.54 Å². The largest absolute Gasteiger partial charge is 0.347 e. The van der Waals surface area contributed by atoms with Crippen LogP contribution in [0.4, 0.5) is 0 Å². The molecule has 18 heavy (non-hydrogen) atoms. The Labute approximate surface area is 104 Å². The minimum atomic E-state index is -0.329. The van der Waals surface area contributed by atoms with Crippen LogP contribution in [0.2, 0.25) is 0 Å². The number of hydrogen-bond donors (Lipinski definition) is 2. The molecule has 0 saturated heterocycles. The number of nitrogens with zero attached hydrogens (tertiary/aromatic N) is 1. The molecule has 1 aromatic heterocycles. The van der Waals surface area contributed by atoms with Crippen molar-refractivity contribution >= 4 is 5.91 Å². The highest BCUT2D eigenvalue weighted by molar-refractivity contribution is 5.91. The second kappa shape index (κ2) is 5.27. The summed E-state index contributed by atoms with van der Waals surface area (Å²) in [5.74, 6) is -0.313. The SMILES string of the molecule is Cc1ccc(CNC(=O)c2c[nH]c(=O)cn2)cc1. The van der Waals surface area contributed by atoms with Crippen molar-refractivity contribution in [2.75, 3.05) is 0 Å². The van der Waals surface area contributed by atoms with Gasteiger partial charge in [-0.1, -0.05) is 29.8 Å². The molecule has 92 valence electrons. The van der Waals surface area contributed by atoms with E-state index in [-0.39, 0.29) is 17.2 Å². The summed E-state index contributed by atoms with van der Waals surface area (Å²) in [6.45, 7) is 2.44. The molecule has 0 aliphatic carbocycles. The smallest absolute Gasteiger partial charge is 0.271 e. The van der Waals surface area contributed by atoms with Gasteiger partial charge in [-0.05, 0) is 12.5 Å². The zero-order chi connectivity index (χ0) is 13.0. The fraction of sp³-hybridized carbons (Fsp3) is 0.154. The first-order valence-electron chi connectivity index (χ1n) is 5.53. The highest BCUT2D eigenvalue weighted by Crippen LogP contribution is 2.02. The van der Waals surface area contributed by atoms with Gasteiger partial charge >= 0.3 is 0 Å². The highest BCUT2D eigenvalue weighted by atomic mass is 16.2. The molecule has 2 rings (SSSR count). The monoisotopic (exact) mass is 243 g/mol. The van der Waals surface area contributed by atoms with Crippen LogP contribution >= 0.6 is 0 Å². The van der Waals surface area contributed by atoms with Crippen molar-refractivity contribution in [1.82, 2.24) is 15.3 Å². The molecule has 1 aromatic carbocycles. The number of carbonyl (C=O) groups is 1.